The van der Waals surface area contributed by atoms with E-state index in [-0.39, 0.29) is 6.54 Å². The second-order valence-corrected chi connectivity index (χ2v) is 7.87. The molecule has 8 heteroatoms. The molecular weight excluding hydrogens is 407 g/mol. The molecule has 1 fully saturated rings. The fraction of sp³-hybridized carbons (Fsp3) is 0.304. The second kappa shape index (κ2) is 8.55. The van der Waals surface area contributed by atoms with Crippen LogP contribution in [0.5, 0.6) is 0 Å². The molecule has 0 radical (unpaired) electrons. The highest BCUT2D eigenvalue weighted by Crippen LogP contribution is 2.33. The van der Waals surface area contributed by atoms with Crippen molar-refractivity contribution in [2.24, 2.45) is 11.8 Å². The number of Topliss-reactive ketones (excluding diaryl/α,β-unsaturated/α-hetero) is 1. The number of aromatic amines is 1. The van der Waals surface area contributed by atoms with Gasteiger partial charge in [0.25, 0.3) is 5.91 Å². The molecule has 0 aliphatic carbocycles. The number of amides is 1. The zero-order chi connectivity index (χ0) is 22.0. The minimum Gasteiger partial charge on any atom is -0.361 e. The lowest BCUT2D eigenvalue weighted by Crippen LogP contribution is -2.54. The number of rotatable bonds is 5. The average molecular weight is 429 g/mol. The quantitative estimate of drug-likeness (QED) is 0.641. The summed E-state index contributed by atoms with van der Waals surface area (Å²) >= 11 is 0. The van der Waals surface area contributed by atoms with Crippen LogP contribution in [0.4, 0.5) is 13.2 Å². The largest absolute Gasteiger partial charge is 0.450 e. The molecule has 1 aliphatic heterocycles. The summed E-state index contributed by atoms with van der Waals surface area (Å²) in [7, 11) is 0. The minimum atomic E-state index is -4.91. The van der Waals surface area contributed by atoms with Crippen molar-refractivity contribution < 1.29 is 22.8 Å². The lowest BCUT2D eigenvalue weighted by molar-refractivity contribution is -0.179. The van der Waals surface area contributed by atoms with Crippen LogP contribution in [0.3, 0.4) is 0 Å². The number of hydrogen-bond acceptors (Lipinski definition) is 3. The van der Waals surface area contributed by atoms with E-state index in [9.17, 15) is 22.8 Å². The Hall–Kier alpha value is -3.13. The topological polar surface area (TPSA) is 65.2 Å². The molecule has 2 heterocycles. The first-order chi connectivity index (χ1) is 14.8. The van der Waals surface area contributed by atoms with Gasteiger partial charge < -0.3 is 4.98 Å². The third-order valence-electron chi connectivity index (χ3n) is 5.79. The highest BCUT2D eigenvalue weighted by Gasteiger charge is 2.47. The number of hydrazine groups is 1. The number of H-pyrrole nitrogens is 1. The number of piperidine rings is 1. The predicted octanol–water partition coefficient (Wildman–Crippen LogP) is 4.12. The number of halogens is 3. The van der Waals surface area contributed by atoms with E-state index >= 15 is 0 Å². The number of ketones is 1. The Labute approximate surface area is 177 Å². The van der Waals surface area contributed by atoms with Crippen LogP contribution in [-0.2, 0) is 11.2 Å². The fourth-order valence-corrected chi connectivity index (χ4v) is 4.17. The molecule has 0 bridgehead atoms. The summed E-state index contributed by atoms with van der Waals surface area (Å²) in [6, 6.07) is 16.1. The van der Waals surface area contributed by atoms with Gasteiger partial charge in [-0.05, 0) is 48.6 Å². The Morgan fingerprint density at radius 1 is 1.10 bits per heavy atom. The summed E-state index contributed by atoms with van der Waals surface area (Å²) in [5.41, 5.74) is 4.85. The van der Waals surface area contributed by atoms with Gasteiger partial charge in [-0.15, -0.1) is 0 Å². The maximum atomic E-state index is 13.3. The van der Waals surface area contributed by atoms with Gasteiger partial charge in [0.2, 0.25) is 5.78 Å². The van der Waals surface area contributed by atoms with E-state index in [0.29, 0.717) is 24.9 Å². The molecule has 2 atom stereocenters. The van der Waals surface area contributed by atoms with Crippen molar-refractivity contribution >= 4 is 22.6 Å². The lowest BCUT2D eigenvalue weighted by atomic mass is 9.79. The first kappa shape index (κ1) is 21.1. The highest BCUT2D eigenvalue weighted by atomic mass is 19.4. The number of fused-ring (bicyclic) bond motifs is 1. The van der Waals surface area contributed by atoms with Crippen LogP contribution in [0.15, 0.2) is 60.8 Å². The molecule has 4 rings (SSSR count). The number of nitrogens with one attached hydrogen (secondary N) is 2. The number of hydrogen-bond donors (Lipinski definition) is 2. The van der Waals surface area contributed by atoms with Gasteiger partial charge in [0.05, 0.1) is 0 Å². The summed E-state index contributed by atoms with van der Waals surface area (Å²) in [6.45, 7) is 0.200. The number of carbonyl (C=O) groups excluding carboxylic acids is 2. The molecule has 162 valence electrons. The van der Waals surface area contributed by atoms with Crippen LogP contribution in [0.2, 0.25) is 0 Å². The molecule has 0 spiro atoms. The van der Waals surface area contributed by atoms with Gasteiger partial charge in [-0.1, -0.05) is 30.3 Å². The molecular formula is C23H22F3N3O2. The summed E-state index contributed by atoms with van der Waals surface area (Å²) in [5.74, 6) is -3.83. The van der Waals surface area contributed by atoms with Crippen molar-refractivity contribution in [3.63, 3.8) is 0 Å². The standard InChI is InChI=1S/C23H22F3N3O2/c24-23(25,26)21(30)19-14-29(11-9-16(19)12-15-4-2-1-3-5-15)28-22(31)18-6-7-20-17(13-18)8-10-27-20/h1-8,10,13,16,19,27H,9,11-12,14H2,(H,28,31). The maximum absolute atomic E-state index is 13.3. The summed E-state index contributed by atoms with van der Waals surface area (Å²) in [5, 5.41) is 2.29. The number of aromatic nitrogens is 1. The summed E-state index contributed by atoms with van der Waals surface area (Å²) < 4.78 is 39.8. The number of nitrogens with zero attached hydrogens (tertiary/aromatic N) is 1. The molecule has 1 amide bonds. The van der Waals surface area contributed by atoms with Crippen molar-refractivity contribution in [3.8, 4) is 0 Å². The van der Waals surface area contributed by atoms with Crippen LogP contribution in [0, 0.1) is 11.8 Å². The van der Waals surface area contributed by atoms with Gasteiger partial charge >= 0.3 is 6.18 Å². The Morgan fingerprint density at radius 2 is 1.87 bits per heavy atom. The van der Waals surface area contributed by atoms with E-state index in [1.54, 1.807) is 24.4 Å². The number of carbonyl (C=O) groups is 2. The molecule has 0 saturated carbocycles. The van der Waals surface area contributed by atoms with Gasteiger partial charge in [0.15, 0.2) is 0 Å². The van der Waals surface area contributed by atoms with Gasteiger partial charge in [-0.2, -0.15) is 13.2 Å². The molecule has 1 aliphatic rings. The fourth-order valence-electron chi connectivity index (χ4n) is 4.17. The highest BCUT2D eigenvalue weighted by molar-refractivity contribution is 5.97. The van der Waals surface area contributed by atoms with Gasteiger partial charge in [0.1, 0.15) is 0 Å². The van der Waals surface area contributed by atoms with E-state index < -0.39 is 29.7 Å². The minimum absolute atomic E-state index is 0.173. The number of alkyl halides is 3. The normalized spacial score (nSPS) is 20.0. The molecule has 1 saturated heterocycles. The smallest absolute Gasteiger partial charge is 0.361 e. The third-order valence-corrected chi connectivity index (χ3v) is 5.79. The monoisotopic (exact) mass is 429 g/mol. The molecule has 31 heavy (non-hydrogen) atoms. The van der Waals surface area contributed by atoms with E-state index in [1.807, 2.05) is 36.4 Å². The van der Waals surface area contributed by atoms with Gasteiger partial charge in [-0.25, -0.2) is 5.01 Å². The Kier molecular flexibility index (Phi) is 5.82. The van der Waals surface area contributed by atoms with Crippen molar-refractivity contribution in [2.45, 2.75) is 19.0 Å². The second-order valence-electron chi connectivity index (χ2n) is 7.87. The zero-order valence-electron chi connectivity index (χ0n) is 16.7. The van der Waals surface area contributed by atoms with Crippen molar-refractivity contribution in [1.82, 2.24) is 15.4 Å². The zero-order valence-corrected chi connectivity index (χ0v) is 16.7. The van der Waals surface area contributed by atoms with Crippen molar-refractivity contribution in [2.75, 3.05) is 13.1 Å². The predicted molar refractivity (Wildman–Crippen MR) is 110 cm³/mol. The molecule has 2 unspecified atom stereocenters. The van der Waals surface area contributed by atoms with Crippen molar-refractivity contribution in [3.05, 3.63) is 71.9 Å². The van der Waals surface area contributed by atoms with Crippen LogP contribution in [0.25, 0.3) is 10.9 Å². The first-order valence-corrected chi connectivity index (χ1v) is 10.1. The molecule has 3 aromatic rings. The van der Waals surface area contributed by atoms with E-state index in [4.69, 9.17) is 0 Å². The molecule has 5 nitrogen and oxygen atoms in total. The molecule has 1 aromatic heterocycles. The molecule has 2 N–H and O–H groups in total. The van der Waals surface area contributed by atoms with Crippen LogP contribution >= 0.6 is 0 Å². The van der Waals surface area contributed by atoms with Gasteiger partial charge in [-0.3, -0.25) is 15.0 Å². The summed E-state index contributed by atoms with van der Waals surface area (Å²) in [4.78, 5) is 27.9. The summed E-state index contributed by atoms with van der Waals surface area (Å²) in [6.07, 6.45) is -2.39. The Balaban J connectivity index is 1.48. The van der Waals surface area contributed by atoms with Crippen LogP contribution in [-0.4, -0.2) is 40.9 Å². The first-order valence-electron chi connectivity index (χ1n) is 10.1. The van der Waals surface area contributed by atoms with Crippen LogP contribution in [0.1, 0.15) is 22.3 Å². The van der Waals surface area contributed by atoms with E-state index in [1.165, 1.54) is 5.01 Å². The average Bonchev–Trinajstić information content (AvgIpc) is 3.22. The molecule has 2 aromatic carbocycles. The Morgan fingerprint density at radius 3 is 2.61 bits per heavy atom. The third kappa shape index (κ3) is 4.80. The van der Waals surface area contributed by atoms with Gasteiger partial charge in [0, 0.05) is 41.7 Å². The van der Waals surface area contributed by atoms with Crippen molar-refractivity contribution in [1.29, 1.82) is 0 Å². The Bertz CT molecular complexity index is 1080. The lowest BCUT2D eigenvalue weighted by Gasteiger charge is -2.38. The SMILES string of the molecule is O=C(NN1CCC(Cc2ccccc2)C(C(=O)C(F)(F)F)C1)c1ccc2[nH]ccc2c1. The van der Waals surface area contributed by atoms with E-state index in [0.717, 1.165) is 16.5 Å². The maximum Gasteiger partial charge on any atom is 0.450 e. The van der Waals surface area contributed by atoms with Crippen LogP contribution < -0.4 is 5.43 Å². The number of benzene rings is 2. The van der Waals surface area contributed by atoms with E-state index in [2.05, 4.69) is 10.4 Å².